The Kier molecular flexibility index (Phi) is 2.72. The molecule has 13 heavy (non-hydrogen) atoms. The van der Waals surface area contributed by atoms with E-state index in [1.54, 1.807) is 0 Å². The normalized spacial score (nSPS) is 28.5. The lowest BCUT2D eigenvalue weighted by Gasteiger charge is -2.32. The highest BCUT2D eigenvalue weighted by molar-refractivity contribution is 5.72. The summed E-state index contributed by atoms with van der Waals surface area (Å²) < 4.78 is 0. The Labute approximate surface area is 74.9 Å². The quantitative estimate of drug-likeness (QED) is 0.509. The maximum atomic E-state index is 10.6. The van der Waals surface area contributed by atoms with Gasteiger partial charge in [0.25, 0.3) is 0 Å². The van der Waals surface area contributed by atoms with Crippen molar-refractivity contribution in [3.05, 3.63) is 0 Å². The minimum absolute atomic E-state index is 0.0400. The Bertz CT molecular complexity index is 209. The molecule has 0 unspecified atom stereocenters. The zero-order chi connectivity index (χ0) is 10.0. The second kappa shape index (κ2) is 3.61. The Morgan fingerprint density at radius 1 is 1.31 bits per heavy atom. The third-order valence-electron chi connectivity index (χ3n) is 2.10. The fourth-order valence-electron chi connectivity index (χ4n) is 1.47. The van der Waals surface area contributed by atoms with E-state index in [2.05, 4.69) is 0 Å². The van der Waals surface area contributed by atoms with Crippen molar-refractivity contribution in [1.29, 1.82) is 0 Å². The molecule has 0 spiro atoms. The largest absolute Gasteiger partial charge is 0.481 e. The summed E-state index contributed by atoms with van der Waals surface area (Å²) in [7, 11) is 0. The van der Waals surface area contributed by atoms with Crippen molar-refractivity contribution >= 4 is 12.1 Å². The summed E-state index contributed by atoms with van der Waals surface area (Å²) >= 11 is 0. The van der Waals surface area contributed by atoms with Gasteiger partial charge in [-0.15, -0.1) is 0 Å². The number of carboxylic acids is 1. The van der Waals surface area contributed by atoms with E-state index >= 15 is 0 Å². The Morgan fingerprint density at radius 2 is 1.92 bits per heavy atom. The number of hydrogen-bond acceptors (Lipinski definition) is 3. The first-order chi connectivity index (χ1) is 6.00. The van der Waals surface area contributed by atoms with Gasteiger partial charge >= 0.3 is 12.1 Å². The van der Waals surface area contributed by atoms with Gasteiger partial charge in [-0.3, -0.25) is 4.79 Å². The molecule has 2 atom stereocenters. The van der Waals surface area contributed by atoms with Crippen molar-refractivity contribution in [1.82, 2.24) is 4.90 Å². The van der Waals surface area contributed by atoms with E-state index in [9.17, 15) is 9.59 Å². The number of nitrogens with two attached hydrogens (primary N) is 1. The van der Waals surface area contributed by atoms with Gasteiger partial charge in [-0.1, -0.05) is 0 Å². The maximum absolute atomic E-state index is 10.6. The molecule has 1 heterocycles. The summed E-state index contributed by atoms with van der Waals surface area (Å²) in [5.41, 5.74) is 5.52. The Morgan fingerprint density at radius 3 is 2.38 bits per heavy atom. The highest BCUT2D eigenvalue weighted by Crippen LogP contribution is 2.15. The van der Waals surface area contributed by atoms with Crippen LogP contribution in [0.5, 0.6) is 0 Å². The summed E-state index contributed by atoms with van der Waals surface area (Å²) in [5, 5.41) is 17.3. The molecule has 0 aliphatic carbocycles. The fourth-order valence-corrected chi connectivity index (χ4v) is 1.47. The molecule has 1 aliphatic heterocycles. The van der Waals surface area contributed by atoms with Crippen molar-refractivity contribution in [3.63, 3.8) is 0 Å². The van der Waals surface area contributed by atoms with E-state index in [0.717, 1.165) is 4.90 Å². The van der Waals surface area contributed by atoms with Crippen molar-refractivity contribution in [2.45, 2.75) is 12.5 Å². The van der Waals surface area contributed by atoms with Crippen LogP contribution in [0.1, 0.15) is 6.42 Å². The lowest BCUT2D eigenvalue weighted by atomic mass is 9.95. The molecule has 6 nitrogen and oxygen atoms in total. The molecule has 0 bridgehead atoms. The van der Waals surface area contributed by atoms with Gasteiger partial charge in [0.05, 0.1) is 5.92 Å². The molecule has 1 rings (SSSR count). The molecular formula is C7H12N2O4. The average Bonchev–Trinajstić information content (AvgIpc) is 2.03. The number of hydrogen-bond donors (Lipinski definition) is 3. The predicted octanol–water partition coefficient (Wildman–Crippen LogP) is -0.602. The zero-order valence-electron chi connectivity index (χ0n) is 7.01. The summed E-state index contributed by atoms with van der Waals surface area (Å²) in [4.78, 5) is 22.2. The lowest BCUT2D eigenvalue weighted by Crippen LogP contribution is -2.50. The zero-order valence-corrected chi connectivity index (χ0v) is 7.01. The van der Waals surface area contributed by atoms with Gasteiger partial charge in [0, 0.05) is 19.1 Å². The number of piperidine rings is 1. The molecule has 6 heteroatoms. The SMILES string of the molecule is N[C@H]1C[C@H](C(=O)O)CN(C(=O)O)C1. The summed E-state index contributed by atoms with van der Waals surface area (Å²) in [6.07, 6.45) is -0.763. The number of carboxylic acid groups (broad SMARTS) is 2. The molecule has 1 saturated heterocycles. The highest BCUT2D eigenvalue weighted by Gasteiger charge is 2.31. The first-order valence-corrected chi connectivity index (χ1v) is 3.97. The van der Waals surface area contributed by atoms with Gasteiger partial charge in [0.2, 0.25) is 0 Å². The number of nitrogens with zero attached hydrogens (tertiary/aromatic N) is 1. The number of carbonyl (C=O) groups is 2. The number of likely N-dealkylation sites (tertiary alicyclic amines) is 1. The molecule has 1 fully saturated rings. The van der Waals surface area contributed by atoms with Gasteiger partial charge in [-0.25, -0.2) is 4.79 Å². The van der Waals surface area contributed by atoms with Gasteiger partial charge < -0.3 is 20.8 Å². The maximum Gasteiger partial charge on any atom is 0.407 e. The van der Waals surface area contributed by atoms with Crippen LogP contribution < -0.4 is 5.73 Å². The molecule has 1 aliphatic rings. The van der Waals surface area contributed by atoms with E-state index in [1.165, 1.54) is 0 Å². The average molecular weight is 188 g/mol. The van der Waals surface area contributed by atoms with Gasteiger partial charge in [0.1, 0.15) is 0 Å². The molecule has 4 N–H and O–H groups in total. The van der Waals surface area contributed by atoms with Crippen molar-refractivity contribution in [2.24, 2.45) is 11.7 Å². The van der Waals surface area contributed by atoms with Gasteiger partial charge in [0.15, 0.2) is 0 Å². The van der Waals surface area contributed by atoms with Crippen LogP contribution in [0.3, 0.4) is 0 Å². The van der Waals surface area contributed by atoms with Crippen LogP contribution in [-0.2, 0) is 4.79 Å². The van der Waals surface area contributed by atoms with E-state index in [4.69, 9.17) is 15.9 Å². The molecule has 0 aromatic carbocycles. The molecule has 0 saturated carbocycles. The third kappa shape index (κ3) is 2.32. The molecule has 0 radical (unpaired) electrons. The van der Waals surface area contributed by atoms with Crippen LogP contribution in [0.4, 0.5) is 4.79 Å². The first kappa shape index (κ1) is 9.79. The van der Waals surface area contributed by atoms with E-state index in [1.807, 2.05) is 0 Å². The van der Waals surface area contributed by atoms with Crippen LogP contribution in [0, 0.1) is 5.92 Å². The topological polar surface area (TPSA) is 104 Å². The minimum Gasteiger partial charge on any atom is -0.481 e. The number of rotatable bonds is 1. The summed E-state index contributed by atoms with van der Waals surface area (Å²) in [6, 6.07) is -0.369. The van der Waals surface area contributed by atoms with E-state index < -0.39 is 18.0 Å². The summed E-state index contributed by atoms with van der Waals surface area (Å²) in [6.45, 7) is 0.261. The van der Waals surface area contributed by atoms with E-state index in [0.29, 0.717) is 6.42 Å². The third-order valence-corrected chi connectivity index (χ3v) is 2.10. The van der Waals surface area contributed by atoms with Crippen LogP contribution >= 0.6 is 0 Å². The second-order valence-corrected chi connectivity index (χ2v) is 3.22. The monoisotopic (exact) mass is 188 g/mol. The Hall–Kier alpha value is -1.30. The van der Waals surface area contributed by atoms with Crippen LogP contribution in [0.2, 0.25) is 0 Å². The first-order valence-electron chi connectivity index (χ1n) is 3.97. The standard InChI is InChI=1S/C7H12N2O4/c8-5-1-4(6(10)11)2-9(3-5)7(12)13/h4-5H,1-3,8H2,(H,10,11)(H,12,13)/t4-,5-/m0/s1. The van der Waals surface area contributed by atoms with Crippen LogP contribution in [-0.4, -0.2) is 46.3 Å². The Balaban J connectivity index is 2.62. The van der Waals surface area contributed by atoms with Crippen LogP contribution in [0.25, 0.3) is 0 Å². The smallest absolute Gasteiger partial charge is 0.407 e. The molecule has 0 aromatic heterocycles. The minimum atomic E-state index is -1.11. The van der Waals surface area contributed by atoms with Gasteiger partial charge in [-0.05, 0) is 6.42 Å². The van der Waals surface area contributed by atoms with Crippen LogP contribution in [0.15, 0.2) is 0 Å². The van der Waals surface area contributed by atoms with E-state index in [-0.39, 0.29) is 19.1 Å². The predicted molar refractivity (Wildman–Crippen MR) is 43.3 cm³/mol. The summed E-state index contributed by atoms with van der Waals surface area (Å²) in [5.74, 6) is -1.65. The highest BCUT2D eigenvalue weighted by atomic mass is 16.4. The van der Waals surface area contributed by atoms with Crippen molar-refractivity contribution < 1.29 is 19.8 Å². The molecule has 1 amide bonds. The van der Waals surface area contributed by atoms with Crippen molar-refractivity contribution in [3.8, 4) is 0 Å². The molecule has 0 aromatic rings. The number of aliphatic carboxylic acids is 1. The lowest BCUT2D eigenvalue weighted by molar-refractivity contribution is -0.143. The second-order valence-electron chi connectivity index (χ2n) is 3.22. The van der Waals surface area contributed by atoms with Crippen molar-refractivity contribution in [2.75, 3.05) is 13.1 Å². The molecule has 74 valence electrons. The fraction of sp³-hybridized carbons (Fsp3) is 0.714. The molecular weight excluding hydrogens is 176 g/mol. The van der Waals surface area contributed by atoms with Gasteiger partial charge in [-0.2, -0.15) is 0 Å². The number of amides is 1.